The fourth-order valence-electron chi connectivity index (χ4n) is 2.36. The molecule has 18 heavy (non-hydrogen) atoms. The van der Waals surface area contributed by atoms with Crippen molar-refractivity contribution in [3.05, 3.63) is 56.7 Å². The highest BCUT2D eigenvalue weighted by Crippen LogP contribution is 2.40. The van der Waals surface area contributed by atoms with Crippen molar-refractivity contribution in [2.45, 2.75) is 12.6 Å². The summed E-state index contributed by atoms with van der Waals surface area (Å²) in [6.45, 7) is 0. The Morgan fingerprint density at radius 2 is 1.50 bits per heavy atom. The van der Waals surface area contributed by atoms with Gasteiger partial charge < -0.3 is 0 Å². The van der Waals surface area contributed by atoms with Gasteiger partial charge in [0.25, 0.3) is 0 Å². The average Bonchev–Trinajstić information content (AvgIpc) is 2.63. The number of hydrogen-bond donors (Lipinski definition) is 0. The Balaban J connectivity index is 2.12. The normalized spacial score (nSPS) is 13.3. The Morgan fingerprint density at radius 1 is 0.889 bits per heavy atom. The molecule has 0 N–H and O–H groups in total. The zero-order chi connectivity index (χ0) is 12.9. The second kappa shape index (κ2) is 3.98. The van der Waals surface area contributed by atoms with Crippen molar-refractivity contribution in [3.63, 3.8) is 0 Å². The summed E-state index contributed by atoms with van der Waals surface area (Å²) in [5.74, 6) is 0. The summed E-state index contributed by atoms with van der Waals surface area (Å²) in [5.41, 5.74) is 3.29. The van der Waals surface area contributed by atoms with Crippen molar-refractivity contribution in [1.82, 2.24) is 0 Å². The molecule has 1 aliphatic carbocycles. The van der Waals surface area contributed by atoms with Gasteiger partial charge in [0, 0.05) is 3.57 Å². The predicted molar refractivity (Wildman–Crippen MR) is 72.4 cm³/mol. The molecule has 0 saturated heterocycles. The van der Waals surface area contributed by atoms with Crippen LogP contribution in [0.2, 0.25) is 0 Å². The highest BCUT2D eigenvalue weighted by atomic mass is 127. The molecule has 3 rings (SSSR count). The maximum absolute atomic E-state index is 12.6. The zero-order valence-electron chi connectivity index (χ0n) is 9.18. The van der Waals surface area contributed by atoms with Crippen molar-refractivity contribution in [2.24, 2.45) is 0 Å². The molecule has 0 unspecified atom stereocenters. The van der Waals surface area contributed by atoms with E-state index in [4.69, 9.17) is 0 Å². The maximum atomic E-state index is 12.6. The SMILES string of the molecule is FC(F)(F)c1ccc2c(c1)Cc1cc(I)ccc1-2. The third-order valence-electron chi connectivity index (χ3n) is 3.17. The summed E-state index contributed by atoms with van der Waals surface area (Å²) >= 11 is 2.21. The van der Waals surface area contributed by atoms with Crippen LogP contribution in [0.4, 0.5) is 13.2 Å². The standard InChI is InChI=1S/C14H8F3I/c15-14(16,17)10-1-3-12-8(6-10)5-9-7-11(18)2-4-13(9)12/h1-4,6-7H,5H2. The monoisotopic (exact) mass is 360 g/mol. The van der Waals surface area contributed by atoms with Gasteiger partial charge in [-0.25, -0.2) is 0 Å². The summed E-state index contributed by atoms with van der Waals surface area (Å²) in [6, 6.07) is 10.00. The molecular formula is C14H8F3I. The van der Waals surface area contributed by atoms with E-state index >= 15 is 0 Å². The number of fused-ring (bicyclic) bond motifs is 3. The van der Waals surface area contributed by atoms with Crippen LogP contribution in [0.1, 0.15) is 16.7 Å². The van der Waals surface area contributed by atoms with Crippen LogP contribution in [-0.2, 0) is 12.6 Å². The van der Waals surface area contributed by atoms with Crippen LogP contribution in [-0.4, -0.2) is 0 Å². The Bertz CT molecular complexity index is 629. The molecule has 0 saturated carbocycles. The minimum atomic E-state index is -4.27. The summed E-state index contributed by atoms with van der Waals surface area (Å²) in [7, 11) is 0. The lowest BCUT2D eigenvalue weighted by Crippen LogP contribution is -2.05. The quantitative estimate of drug-likeness (QED) is 0.502. The third-order valence-corrected chi connectivity index (χ3v) is 3.84. The minimum absolute atomic E-state index is 0.566. The molecule has 0 radical (unpaired) electrons. The molecule has 0 heterocycles. The van der Waals surface area contributed by atoms with Crippen LogP contribution in [0.15, 0.2) is 36.4 Å². The van der Waals surface area contributed by atoms with Gasteiger partial charge in [-0.1, -0.05) is 12.1 Å². The fourth-order valence-corrected chi connectivity index (χ4v) is 2.91. The van der Waals surface area contributed by atoms with Crippen LogP contribution < -0.4 is 0 Å². The molecule has 4 heteroatoms. The number of rotatable bonds is 0. The van der Waals surface area contributed by atoms with Crippen LogP contribution in [0.3, 0.4) is 0 Å². The van der Waals surface area contributed by atoms with Gasteiger partial charge in [-0.15, -0.1) is 0 Å². The molecule has 0 nitrogen and oxygen atoms in total. The van der Waals surface area contributed by atoms with Gasteiger partial charge in [0.05, 0.1) is 5.56 Å². The van der Waals surface area contributed by atoms with Gasteiger partial charge in [0.2, 0.25) is 0 Å². The van der Waals surface area contributed by atoms with Crippen LogP contribution in [0.5, 0.6) is 0 Å². The first kappa shape index (κ1) is 12.0. The molecule has 2 aromatic carbocycles. The molecule has 1 aliphatic rings. The van der Waals surface area contributed by atoms with Gasteiger partial charge in [-0.05, 0) is 75.5 Å². The van der Waals surface area contributed by atoms with E-state index in [9.17, 15) is 13.2 Å². The molecule has 0 atom stereocenters. The van der Waals surface area contributed by atoms with E-state index in [1.165, 1.54) is 6.07 Å². The minimum Gasteiger partial charge on any atom is -0.166 e. The number of benzene rings is 2. The Hall–Kier alpha value is -1.04. The molecular weight excluding hydrogens is 352 g/mol. The lowest BCUT2D eigenvalue weighted by molar-refractivity contribution is -0.137. The van der Waals surface area contributed by atoms with Crippen molar-refractivity contribution in [3.8, 4) is 11.1 Å². The molecule has 0 spiro atoms. The lowest BCUT2D eigenvalue weighted by atomic mass is 10.0. The van der Waals surface area contributed by atoms with Crippen molar-refractivity contribution >= 4 is 22.6 Å². The summed E-state index contributed by atoms with van der Waals surface area (Å²) in [5, 5.41) is 0. The van der Waals surface area contributed by atoms with Gasteiger partial charge in [0.15, 0.2) is 0 Å². The first-order valence-corrected chi connectivity index (χ1v) is 6.52. The van der Waals surface area contributed by atoms with E-state index in [-0.39, 0.29) is 0 Å². The van der Waals surface area contributed by atoms with Crippen LogP contribution in [0, 0.1) is 3.57 Å². The van der Waals surface area contributed by atoms with Crippen LogP contribution in [0.25, 0.3) is 11.1 Å². The van der Waals surface area contributed by atoms with Gasteiger partial charge >= 0.3 is 6.18 Å². The van der Waals surface area contributed by atoms with E-state index in [1.807, 2.05) is 18.2 Å². The van der Waals surface area contributed by atoms with E-state index in [2.05, 4.69) is 22.6 Å². The Labute approximate surface area is 116 Å². The summed E-state index contributed by atoms with van der Waals surface area (Å²) in [4.78, 5) is 0. The molecule has 0 aromatic heterocycles. The number of halogens is 4. The predicted octanol–water partition coefficient (Wildman–Crippen LogP) is 4.88. The largest absolute Gasteiger partial charge is 0.416 e. The number of hydrogen-bond acceptors (Lipinski definition) is 0. The van der Waals surface area contributed by atoms with Crippen molar-refractivity contribution in [2.75, 3.05) is 0 Å². The van der Waals surface area contributed by atoms with Gasteiger partial charge in [-0.2, -0.15) is 13.2 Å². The van der Waals surface area contributed by atoms with Gasteiger partial charge in [0.1, 0.15) is 0 Å². The van der Waals surface area contributed by atoms with E-state index in [1.54, 1.807) is 6.07 Å². The third kappa shape index (κ3) is 1.92. The highest BCUT2D eigenvalue weighted by Gasteiger charge is 2.32. The molecule has 2 aromatic rings. The lowest BCUT2D eigenvalue weighted by Gasteiger charge is -2.08. The Morgan fingerprint density at radius 3 is 2.17 bits per heavy atom. The molecule has 0 fully saturated rings. The Kier molecular flexibility index (Phi) is 2.66. The zero-order valence-corrected chi connectivity index (χ0v) is 11.3. The first-order chi connectivity index (χ1) is 8.45. The van der Waals surface area contributed by atoms with E-state index in [0.717, 1.165) is 31.9 Å². The maximum Gasteiger partial charge on any atom is 0.416 e. The molecule has 0 aliphatic heterocycles. The highest BCUT2D eigenvalue weighted by molar-refractivity contribution is 14.1. The van der Waals surface area contributed by atoms with Gasteiger partial charge in [-0.3, -0.25) is 0 Å². The second-order valence-electron chi connectivity index (χ2n) is 4.35. The van der Waals surface area contributed by atoms with E-state index < -0.39 is 11.7 Å². The summed E-state index contributed by atoms with van der Waals surface area (Å²) < 4.78 is 39.1. The van der Waals surface area contributed by atoms with E-state index in [0.29, 0.717) is 6.42 Å². The number of alkyl halides is 3. The molecule has 0 bridgehead atoms. The summed E-state index contributed by atoms with van der Waals surface area (Å²) in [6.07, 6.45) is -3.68. The fraction of sp³-hybridized carbons (Fsp3) is 0.143. The first-order valence-electron chi connectivity index (χ1n) is 5.44. The van der Waals surface area contributed by atoms with Crippen molar-refractivity contribution < 1.29 is 13.2 Å². The average molecular weight is 360 g/mol. The van der Waals surface area contributed by atoms with Crippen molar-refractivity contribution in [1.29, 1.82) is 0 Å². The smallest absolute Gasteiger partial charge is 0.166 e. The molecule has 0 amide bonds. The topological polar surface area (TPSA) is 0 Å². The van der Waals surface area contributed by atoms with Crippen LogP contribution >= 0.6 is 22.6 Å². The second-order valence-corrected chi connectivity index (χ2v) is 5.59. The molecule has 92 valence electrons.